The fraction of sp³-hybridized carbons (Fsp3) is 0.424. The molecule has 1 saturated carbocycles. The normalized spacial score (nSPS) is 16.2. The molecule has 5 nitrogen and oxygen atoms in total. The third kappa shape index (κ3) is 7.45. The molecule has 5 rings (SSSR count). The van der Waals surface area contributed by atoms with E-state index in [1.165, 1.54) is 60.3 Å². The molecule has 3 aromatic rings. The topological polar surface area (TPSA) is 62.3 Å². The van der Waals surface area contributed by atoms with Crippen molar-refractivity contribution in [2.75, 3.05) is 6.54 Å². The molecule has 0 spiro atoms. The molecule has 0 bridgehead atoms. The molecule has 2 aliphatic rings. The van der Waals surface area contributed by atoms with Gasteiger partial charge in [-0.25, -0.2) is 4.98 Å². The number of ketones is 1. The molecule has 1 aliphatic heterocycles. The Bertz CT molecular complexity index is 1270. The summed E-state index contributed by atoms with van der Waals surface area (Å²) < 4.78 is 0. The minimum atomic E-state index is 0.312. The van der Waals surface area contributed by atoms with E-state index in [1.807, 2.05) is 42.8 Å². The molecule has 2 heterocycles. The number of carbonyl (C=O) groups excluding carboxylic acids is 2. The predicted molar refractivity (Wildman–Crippen MR) is 161 cm³/mol. The number of hydrogen-bond donors (Lipinski definition) is 1. The fourth-order valence-electron chi connectivity index (χ4n) is 5.48. The molecule has 1 aliphatic carbocycles. The highest BCUT2D eigenvalue weighted by Crippen LogP contribution is 2.36. The first kappa shape index (κ1) is 28.8. The van der Waals surface area contributed by atoms with Crippen molar-refractivity contribution in [3.05, 3.63) is 87.7 Å². The van der Waals surface area contributed by atoms with E-state index in [1.54, 1.807) is 16.9 Å². The van der Waals surface area contributed by atoms with Crippen molar-refractivity contribution in [3.8, 4) is 10.4 Å². The number of benzene rings is 2. The Morgan fingerprint density at radius 2 is 1.87 bits per heavy atom. The molecule has 1 aromatic heterocycles. The van der Waals surface area contributed by atoms with E-state index >= 15 is 0 Å². The van der Waals surface area contributed by atoms with Crippen LogP contribution in [0.5, 0.6) is 0 Å². The summed E-state index contributed by atoms with van der Waals surface area (Å²) in [5.41, 5.74) is 10.4. The van der Waals surface area contributed by atoms with Gasteiger partial charge >= 0.3 is 0 Å². The molecule has 2 fully saturated rings. The Morgan fingerprint density at radius 3 is 2.46 bits per heavy atom. The van der Waals surface area contributed by atoms with Gasteiger partial charge in [-0.15, -0.1) is 11.3 Å². The van der Waals surface area contributed by atoms with Gasteiger partial charge in [0.15, 0.2) is 5.78 Å². The number of hydrogen-bond acceptors (Lipinski definition) is 5. The summed E-state index contributed by atoms with van der Waals surface area (Å²) in [5.74, 6) is 0.312. The lowest BCUT2D eigenvalue weighted by Gasteiger charge is -2.33. The number of amides is 1. The monoisotopic (exact) mass is 543 g/mol. The average Bonchev–Trinajstić information content (AvgIpc) is 3.56. The Labute approximate surface area is 237 Å². The quantitative estimate of drug-likeness (QED) is 0.212. The molecule has 6 heteroatoms. The van der Waals surface area contributed by atoms with Gasteiger partial charge in [0.25, 0.3) is 0 Å². The molecular weight excluding hydrogens is 502 g/mol. The first-order valence-corrected chi connectivity index (χ1v) is 15.1. The highest BCUT2D eigenvalue weighted by Gasteiger charge is 2.27. The highest BCUT2D eigenvalue weighted by atomic mass is 32.1. The lowest BCUT2D eigenvalue weighted by atomic mass is 9.87. The minimum absolute atomic E-state index is 0.312. The van der Waals surface area contributed by atoms with Crippen LogP contribution in [-0.4, -0.2) is 34.7 Å². The van der Waals surface area contributed by atoms with E-state index in [0.717, 1.165) is 29.7 Å². The largest absolute Gasteiger partial charge is 0.372 e. The Balaban J connectivity index is 0.000000193. The average molecular weight is 544 g/mol. The van der Waals surface area contributed by atoms with Crippen LogP contribution in [-0.2, 0) is 17.8 Å². The van der Waals surface area contributed by atoms with Crippen LogP contribution in [0.3, 0.4) is 0 Å². The molecule has 39 heavy (non-hydrogen) atoms. The van der Waals surface area contributed by atoms with Gasteiger partial charge in [0.05, 0.1) is 16.1 Å². The van der Waals surface area contributed by atoms with Crippen LogP contribution in [0.25, 0.3) is 10.4 Å². The molecule has 0 radical (unpaired) electrons. The standard InChI is InChI=1S/C21H29NO.C12H12N2OS/c1-3-17-9-4-5-12-19(17)21(23)14-13-20(18-10-6-11-18)22-15-7-8-16(22)2;1-9-12(16-8-14-9)11-4-2-10(3-5-11)6-13-7-15/h4-5,9,12,16H,3,6-8,10-11,13-15H2,1-2H3;2-5,7-8H,6H2,1H3,(H,13,15). The number of allylic oxidation sites excluding steroid dienone is 2. The van der Waals surface area contributed by atoms with E-state index in [0.29, 0.717) is 31.2 Å². The zero-order valence-electron chi connectivity index (χ0n) is 23.5. The lowest BCUT2D eigenvalue weighted by molar-refractivity contribution is -0.109. The Hall–Kier alpha value is -3.25. The number of nitrogens with zero attached hydrogens (tertiary/aromatic N) is 2. The van der Waals surface area contributed by atoms with Crippen molar-refractivity contribution >= 4 is 23.5 Å². The van der Waals surface area contributed by atoms with E-state index < -0.39 is 0 Å². The maximum atomic E-state index is 12.7. The zero-order valence-corrected chi connectivity index (χ0v) is 24.4. The van der Waals surface area contributed by atoms with Gasteiger partial charge < -0.3 is 10.2 Å². The summed E-state index contributed by atoms with van der Waals surface area (Å²) >= 11 is 1.64. The van der Waals surface area contributed by atoms with Gasteiger partial charge in [0, 0.05) is 36.8 Å². The number of likely N-dealkylation sites (tertiary alicyclic amines) is 1. The molecule has 2 aromatic carbocycles. The molecule has 1 saturated heterocycles. The number of aromatic nitrogens is 1. The second-order valence-electron chi connectivity index (χ2n) is 10.5. The maximum Gasteiger partial charge on any atom is 0.207 e. The lowest BCUT2D eigenvalue weighted by Crippen LogP contribution is -2.29. The second kappa shape index (κ2) is 14.2. The summed E-state index contributed by atoms with van der Waals surface area (Å²) in [6.07, 6.45) is 9.63. The summed E-state index contributed by atoms with van der Waals surface area (Å²) in [6.45, 7) is 8.22. The van der Waals surface area contributed by atoms with Crippen LogP contribution >= 0.6 is 11.3 Å². The van der Waals surface area contributed by atoms with Crippen LogP contribution < -0.4 is 5.32 Å². The molecule has 206 valence electrons. The van der Waals surface area contributed by atoms with Crippen molar-refractivity contribution in [1.29, 1.82) is 0 Å². The van der Waals surface area contributed by atoms with Crippen molar-refractivity contribution < 1.29 is 9.59 Å². The summed E-state index contributed by atoms with van der Waals surface area (Å²) in [5, 5.41) is 2.64. The van der Waals surface area contributed by atoms with Crippen LogP contribution in [0.1, 0.15) is 86.0 Å². The van der Waals surface area contributed by atoms with Crippen LogP contribution in [0.4, 0.5) is 0 Å². The van der Waals surface area contributed by atoms with Gasteiger partial charge in [0.2, 0.25) is 6.41 Å². The van der Waals surface area contributed by atoms with E-state index in [2.05, 4.69) is 47.2 Å². The van der Waals surface area contributed by atoms with Crippen molar-refractivity contribution in [3.63, 3.8) is 0 Å². The van der Waals surface area contributed by atoms with Crippen LogP contribution in [0.2, 0.25) is 0 Å². The maximum absolute atomic E-state index is 12.7. The van der Waals surface area contributed by atoms with Gasteiger partial charge in [-0.2, -0.15) is 0 Å². The molecule has 1 N–H and O–H groups in total. The molecule has 1 amide bonds. The Morgan fingerprint density at radius 1 is 1.10 bits per heavy atom. The third-order valence-corrected chi connectivity index (χ3v) is 8.88. The first-order valence-electron chi connectivity index (χ1n) is 14.3. The van der Waals surface area contributed by atoms with Crippen molar-refractivity contribution in [1.82, 2.24) is 15.2 Å². The van der Waals surface area contributed by atoms with Gasteiger partial charge in [-0.05, 0) is 75.5 Å². The van der Waals surface area contributed by atoms with Gasteiger partial charge in [-0.1, -0.05) is 61.0 Å². The molecule has 1 unspecified atom stereocenters. The summed E-state index contributed by atoms with van der Waals surface area (Å²) in [7, 11) is 0. The SMILES string of the molecule is CCc1ccccc1C(=O)CCC(=C1CCC1)N1CCCC1C.Cc1ncsc1-c1ccc(CNC=O)cc1. The second-order valence-corrected chi connectivity index (χ2v) is 11.3. The molecular formula is C33H41N3O2S. The van der Waals surface area contributed by atoms with Crippen LogP contribution in [0, 0.1) is 6.92 Å². The first-order chi connectivity index (χ1) is 19.0. The van der Waals surface area contributed by atoms with E-state index in [9.17, 15) is 9.59 Å². The number of aryl methyl sites for hydroxylation is 2. The molecule has 1 atom stereocenters. The van der Waals surface area contributed by atoms with Gasteiger partial charge in [0.1, 0.15) is 0 Å². The number of Topliss-reactive ketones (excluding diaryl/α,β-unsaturated/α-hetero) is 1. The van der Waals surface area contributed by atoms with Crippen molar-refractivity contribution in [2.45, 2.75) is 84.7 Å². The van der Waals surface area contributed by atoms with E-state index in [-0.39, 0.29) is 0 Å². The zero-order chi connectivity index (χ0) is 27.6. The Kier molecular flexibility index (Phi) is 10.5. The smallest absolute Gasteiger partial charge is 0.207 e. The van der Waals surface area contributed by atoms with Gasteiger partial charge in [-0.3, -0.25) is 9.59 Å². The highest BCUT2D eigenvalue weighted by molar-refractivity contribution is 7.13. The number of carbonyl (C=O) groups is 2. The number of thiazole rings is 1. The number of rotatable bonds is 10. The third-order valence-electron chi connectivity index (χ3n) is 7.90. The predicted octanol–water partition coefficient (Wildman–Crippen LogP) is 7.50. The van der Waals surface area contributed by atoms with E-state index in [4.69, 9.17) is 0 Å². The minimum Gasteiger partial charge on any atom is -0.372 e. The summed E-state index contributed by atoms with van der Waals surface area (Å²) in [4.78, 5) is 30.9. The van der Waals surface area contributed by atoms with Crippen LogP contribution in [0.15, 0.2) is 65.3 Å². The van der Waals surface area contributed by atoms with Crippen molar-refractivity contribution in [2.24, 2.45) is 0 Å². The summed E-state index contributed by atoms with van der Waals surface area (Å²) in [6, 6.07) is 16.9. The number of nitrogens with one attached hydrogen (secondary N) is 1. The fourth-order valence-corrected chi connectivity index (χ4v) is 6.29.